The zero-order valence-corrected chi connectivity index (χ0v) is 14.1. The van der Waals surface area contributed by atoms with E-state index >= 15 is 0 Å². The van der Waals surface area contributed by atoms with Gasteiger partial charge in [-0.05, 0) is 35.7 Å². The smallest absolute Gasteiger partial charge is 0.416 e. The van der Waals surface area contributed by atoms with Crippen molar-refractivity contribution in [2.45, 2.75) is 32.0 Å². The molecule has 2 rings (SSSR count). The van der Waals surface area contributed by atoms with Gasteiger partial charge in [0.2, 0.25) is 5.91 Å². The van der Waals surface area contributed by atoms with Gasteiger partial charge in [-0.3, -0.25) is 4.79 Å². The summed E-state index contributed by atoms with van der Waals surface area (Å²) in [5, 5.41) is 2.87. The van der Waals surface area contributed by atoms with Crippen molar-refractivity contribution in [1.82, 2.24) is 5.32 Å². The molecule has 0 fully saturated rings. The number of hydrogen-bond acceptors (Lipinski definition) is 2. The summed E-state index contributed by atoms with van der Waals surface area (Å²) in [5.41, 5.74) is 0.498. The lowest BCUT2D eigenvalue weighted by Crippen LogP contribution is -2.29. The molecule has 0 saturated heterocycles. The summed E-state index contributed by atoms with van der Waals surface area (Å²) in [4.78, 5) is 12.2. The first kappa shape index (κ1) is 18.8. The Morgan fingerprint density at radius 2 is 1.84 bits per heavy atom. The van der Waals surface area contributed by atoms with E-state index in [1.807, 2.05) is 19.1 Å². The molecule has 1 N–H and O–H groups in total. The maximum absolute atomic E-state index is 12.7. The van der Waals surface area contributed by atoms with Gasteiger partial charge in [-0.15, -0.1) is 0 Å². The van der Waals surface area contributed by atoms with Crippen molar-refractivity contribution in [3.05, 3.63) is 65.2 Å². The van der Waals surface area contributed by atoms with Crippen molar-refractivity contribution < 1.29 is 22.7 Å². The Hall–Kier alpha value is -2.50. The van der Waals surface area contributed by atoms with Crippen LogP contribution in [-0.4, -0.2) is 13.0 Å². The molecule has 0 aliphatic carbocycles. The summed E-state index contributed by atoms with van der Waals surface area (Å²) >= 11 is 0. The maximum Gasteiger partial charge on any atom is 0.416 e. The molecule has 6 heteroatoms. The van der Waals surface area contributed by atoms with Gasteiger partial charge in [-0.2, -0.15) is 13.2 Å². The Morgan fingerprint density at radius 3 is 2.40 bits per heavy atom. The van der Waals surface area contributed by atoms with Crippen LogP contribution in [0.5, 0.6) is 5.75 Å². The molecule has 2 aromatic carbocycles. The third kappa shape index (κ3) is 5.24. The highest BCUT2D eigenvalue weighted by Crippen LogP contribution is 2.29. The molecule has 1 unspecified atom stereocenters. The van der Waals surface area contributed by atoms with Crippen molar-refractivity contribution >= 4 is 5.91 Å². The first-order valence-corrected chi connectivity index (χ1v) is 7.93. The number of carbonyl (C=O) groups is 1. The molecule has 134 valence electrons. The van der Waals surface area contributed by atoms with Crippen LogP contribution in [0.15, 0.2) is 48.5 Å². The SMILES string of the molecule is CCC(NC(=O)Cc1cccc(C(F)(F)F)c1)c1ccc(OC)cc1. The molecule has 2 aromatic rings. The van der Waals surface area contributed by atoms with Gasteiger partial charge in [0.1, 0.15) is 5.75 Å². The molecule has 0 aliphatic heterocycles. The highest BCUT2D eigenvalue weighted by molar-refractivity contribution is 5.79. The molecule has 0 radical (unpaired) electrons. The van der Waals surface area contributed by atoms with E-state index in [1.54, 1.807) is 19.2 Å². The number of amides is 1. The summed E-state index contributed by atoms with van der Waals surface area (Å²) in [6.45, 7) is 1.93. The van der Waals surface area contributed by atoms with Crippen molar-refractivity contribution in [2.75, 3.05) is 7.11 Å². The van der Waals surface area contributed by atoms with E-state index in [-0.39, 0.29) is 18.4 Å². The molecule has 0 bridgehead atoms. The van der Waals surface area contributed by atoms with Gasteiger partial charge < -0.3 is 10.1 Å². The second-order valence-electron chi connectivity index (χ2n) is 5.68. The third-order valence-electron chi connectivity index (χ3n) is 3.88. The average molecular weight is 351 g/mol. The van der Waals surface area contributed by atoms with Gasteiger partial charge in [0.25, 0.3) is 0 Å². The minimum absolute atomic E-state index is 0.101. The van der Waals surface area contributed by atoms with E-state index in [1.165, 1.54) is 12.1 Å². The topological polar surface area (TPSA) is 38.3 Å². The quantitative estimate of drug-likeness (QED) is 0.831. The molecular weight excluding hydrogens is 331 g/mol. The van der Waals surface area contributed by atoms with E-state index in [9.17, 15) is 18.0 Å². The molecule has 0 aromatic heterocycles. The van der Waals surface area contributed by atoms with E-state index in [0.29, 0.717) is 17.7 Å². The minimum Gasteiger partial charge on any atom is -0.497 e. The Kier molecular flexibility index (Phi) is 6.07. The van der Waals surface area contributed by atoms with Gasteiger partial charge >= 0.3 is 6.18 Å². The summed E-state index contributed by atoms with van der Waals surface area (Å²) in [7, 11) is 1.57. The first-order chi connectivity index (χ1) is 11.8. The number of alkyl halides is 3. The van der Waals surface area contributed by atoms with Crippen LogP contribution in [0.2, 0.25) is 0 Å². The van der Waals surface area contributed by atoms with Crippen LogP contribution in [0.1, 0.15) is 36.1 Å². The molecule has 1 atom stereocenters. The van der Waals surface area contributed by atoms with E-state index in [4.69, 9.17) is 4.74 Å². The molecule has 1 amide bonds. The highest BCUT2D eigenvalue weighted by atomic mass is 19.4. The molecule has 0 aliphatic rings. The third-order valence-corrected chi connectivity index (χ3v) is 3.88. The van der Waals surface area contributed by atoms with Gasteiger partial charge in [-0.1, -0.05) is 37.3 Å². The summed E-state index contributed by atoms with van der Waals surface area (Å²) in [6, 6.07) is 11.9. The van der Waals surface area contributed by atoms with Crippen LogP contribution in [-0.2, 0) is 17.4 Å². The fraction of sp³-hybridized carbons (Fsp3) is 0.316. The number of carbonyl (C=O) groups excluding carboxylic acids is 1. The van der Waals surface area contributed by atoms with Crippen LogP contribution >= 0.6 is 0 Å². The molecule has 0 spiro atoms. The van der Waals surface area contributed by atoms with E-state index in [0.717, 1.165) is 17.7 Å². The Balaban J connectivity index is 2.05. The largest absolute Gasteiger partial charge is 0.497 e. The summed E-state index contributed by atoms with van der Waals surface area (Å²) in [6.07, 6.45) is -3.85. The summed E-state index contributed by atoms with van der Waals surface area (Å²) in [5.74, 6) is 0.399. The average Bonchev–Trinajstić information content (AvgIpc) is 2.59. The van der Waals surface area contributed by atoms with Crippen LogP contribution in [0.4, 0.5) is 13.2 Å². The number of nitrogens with one attached hydrogen (secondary N) is 1. The summed E-state index contributed by atoms with van der Waals surface area (Å²) < 4.78 is 43.3. The number of halogens is 3. The van der Waals surface area contributed by atoms with E-state index < -0.39 is 11.7 Å². The lowest BCUT2D eigenvalue weighted by molar-refractivity contribution is -0.137. The van der Waals surface area contributed by atoms with Gasteiger partial charge in [0.15, 0.2) is 0 Å². The Labute approximate surface area is 144 Å². The number of methoxy groups -OCH3 is 1. The molecule has 3 nitrogen and oxygen atoms in total. The van der Waals surface area contributed by atoms with E-state index in [2.05, 4.69) is 5.32 Å². The monoisotopic (exact) mass is 351 g/mol. The van der Waals surface area contributed by atoms with Gasteiger partial charge in [0, 0.05) is 0 Å². The van der Waals surface area contributed by atoms with Crippen molar-refractivity contribution in [1.29, 1.82) is 0 Å². The highest BCUT2D eigenvalue weighted by Gasteiger charge is 2.30. The standard InChI is InChI=1S/C19H20F3NO2/c1-3-17(14-7-9-16(25-2)10-8-14)23-18(24)12-13-5-4-6-15(11-13)19(20,21)22/h4-11,17H,3,12H2,1-2H3,(H,23,24). The lowest BCUT2D eigenvalue weighted by Gasteiger charge is -2.18. The Bertz CT molecular complexity index is 711. The lowest BCUT2D eigenvalue weighted by atomic mass is 10.0. The van der Waals surface area contributed by atoms with Crippen LogP contribution in [0.25, 0.3) is 0 Å². The second kappa shape index (κ2) is 8.05. The molecular formula is C19H20F3NO2. The fourth-order valence-electron chi connectivity index (χ4n) is 2.55. The van der Waals surface area contributed by atoms with Gasteiger partial charge in [-0.25, -0.2) is 0 Å². The number of rotatable bonds is 6. The molecule has 25 heavy (non-hydrogen) atoms. The van der Waals surface area contributed by atoms with Crippen molar-refractivity contribution in [2.24, 2.45) is 0 Å². The van der Waals surface area contributed by atoms with Crippen molar-refractivity contribution in [3.8, 4) is 5.75 Å². The predicted octanol–water partition coefficient (Wildman–Crippen LogP) is 4.52. The Morgan fingerprint density at radius 1 is 1.16 bits per heavy atom. The second-order valence-corrected chi connectivity index (χ2v) is 5.68. The molecule has 0 heterocycles. The molecule has 0 saturated carbocycles. The van der Waals surface area contributed by atoms with Gasteiger partial charge in [0.05, 0.1) is 25.1 Å². The van der Waals surface area contributed by atoms with Crippen LogP contribution in [0.3, 0.4) is 0 Å². The fourth-order valence-corrected chi connectivity index (χ4v) is 2.55. The minimum atomic E-state index is -4.42. The number of ether oxygens (including phenoxy) is 1. The zero-order valence-electron chi connectivity index (χ0n) is 14.1. The normalized spacial score (nSPS) is 12.5. The first-order valence-electron chi connectivity index (χ1n) is 7.93. The predicted molar refractivity (Wildman–Crippen MR) is 89.3 cm³/mol. The zero-order chi connectivity index (χ0) is 18.4. The van der Waals surface area contributed by atoms with Crippen LogP contribution in [0, 0.1) is 0 Å². The van der Waals surface area contributed by atoms with Crippen molar-refractivity contribution in [3.63, 3.8) is 0 Å². The number of hydrogen-bond donors (Lipinski definition) is 1. The number of benzene rings is 2. The van der Waals surface area contributed by atoms with Crippen LogP contribution < -0.4 is 10.1 Å². The maximum atomic E-state index is 12.7.